The number of aliphatic carboxylic acids is 1. The van der Waals surface area contributed by atoms with Crippen LogP contribution in [0.2, 0.25) is 5.02 Å². The van der Waals surface area contributed by atoms with Crippen LogP contribution >= 0.6 is 11.6 Å². The maximum atomic E-state index is 12.3. The van der Waals surface area contributed by atoms with E-state index in [1.54, 1.807) is 17.9 Å². The first-order valence-electron chi connectivity index (χ1n) is 8.55. The smallest absolute Gasteiger partial charge is 0.307 e. The molecule has 1 amide bonds. The number of carbonyl (C=O) groups excluding carboxylic acids is 1. The van der Waals surface area contributed by atoms with Crippen molar-refractivity contribution in [2.75, 3.05) is 4.90 Å². The van der Waals surface area contributed by atoms with Crippen LogP contribution in [-0.2, 0) is 16.1 Å². The zero-order valence-corrected chi connectivity index (χ0v) is 15.0. The van der Waals surface area contributed by atoms with Gasteiger partial charge in [-0.05, 0) is 52.8 Å². The van der Waals surface area contributed by atoms with Gasteiger partial charge in [0.25, 0.3) is 0 Å². The van der Waals surface area contributed by atoms with Gasteiger partial charge in [-0.2, -0.15) is 0 Å². The van der Waals surface area contributed by atoms with E-state index >= 15 is 0 Å². The third kappa shape index (κ3) is 3.01. The first-order valence-corrected chi connectivity index (χ1v) is 8.93. The second kappa shape index (κ2) is 6.29. The van der Waals surface area contributed by atoms with Gasteiger partial charge in [-0.1, -0.05) is 42.0 Å². The summed E-state index contributed by atoms with van der Waals surface area (Å²) in [5.74, 6) is -0.999. The van der Waals surface area contributed by atoms with Crippen molar-refractivity contribution < 1.29 is 14.7 Å². The summed E-state index contributed by atoms with van der Waals surface area (Å²) in [6.07, 6.45) is 4.67. The van der Waals surface area contributed by atoms with Gasteiger partial charge in [0.15, 0.2) is 0 Å². The SMILES string of the molecule is CC(=O)N1Cc2cc(C3CC3C(=O)O)ccc2C=Cc2cc(Cl)ccc21. The zero-order valence-electron chi connectivity index (χ0n) is 14.3. The summed E-state index contributed by atoms with van der Waals surface area (Å²) in [6.45, 7) is 2.00. The number of carboxylic acids is 1. The highest BCUT2D eigenvalue weighted by atomic mass is 35.5. The molecule has 132 valence electrons. The predicted octanol–water partition coefficient (Wildman–Crippen LogP) is 4.57. The molecule has 1 aliphatic carbocycles. The lowest BCUT2D eigenvalue weighted by atomic mass is 9.97. The number of hydrogen-bond acceptors (Lipinski definition) is 2. The Bertz CT molecular complexity index is 950. The molecular formula is C21H18ClNO3. The largest absolute Gasteiger partial charge is 0.481 e. The fourth-order valence-electron chi connectivity index (χ4n) is 3.61. The predicted molar refractivity (Wildman–Crippen MR) is 102 cm³/mol. The van der Waals surface area contributed by atoms with Crippen molar-refractivity contribution in [1.82, 2.24) is 0 Å². The first-order chi connectivity index (χ1) is 12.4. The summed E-state index contributed by atoms with van der Waals surface area (Å²) in [7, 11) is 0. The highest BCUT2D eigenvalue weighted by Gasteiger charge is 2.44. The minimum Gasteiger partial charge on any atom is -0.481 e. The summed E-state index contributed by atoms with van der Waals surface area (Å²) in [5.41, 5.74) is 4.80. The van der Waals surface area contributed by atoms with Gasteiger partial charge < -0.3 is 10.0 Å². The number of carboxylic acid groups (broad SMARTS) is 1. The van der Waals surface area contributed by atoms with Crippen LogP contribution in [0, 0.1) is 5.92 Å². The van der Waals surface area contributed by atoms with Gasteiger partial charge in [0, 0.05) is 11.9 Å². The van der Waals surface area contributed by atoms with E-state index in [4.69, 9.17) is 11.6 Å². The molecule has 2 aromatic carbocycles. The standard InChI is InChI=1S/C21H18ClNO3/c1-12(24)23-11-16-8-14(18-10-19(18)21(25)26)4-2-13(16)3-5-15-9-17(22)6-7-20(15)23/h2-9,18-19H,10-11H2,1H3,(H,25,26). The van der Waals surface area contributed by atoms with Crippen molar-refractivity contribution in [3.63, 3.8) is 0 Å². The van der Waals surface area contributed by atoms with Crippen molar-refractivity contribution in [2.45, 2.75) is 25.8 Å². The molecule has 1 N–H and O–H groups in total. The van der Waals surface area contributed by atoms with Crippen molar-refractivity contribution >= 4 is 41.3 Å². The Morgan fingerprint density at radius 2 is 1.88 bits per heavy atom. The number of rotatable bonds is 2. The van der Waals surface area contributed by atoms with E-state index in [0.717, 1.165) is 27.9 Å². The minimum atomic E-state index is -0.738. The van der Waals surface area contributed by atoms with Crippen LogP contribution in [0.25, 0.3) is 12.2 Å². The van der Waals surface area contributed by atoms with Crippen LogP contribution in [-0.4, -0.2) is 17.0 Å². The lowest BCUT2D eigenvalue weighted by molar-refractivity contribution is -0.138. The number of hydrogen-bond donors (Lipinski definition) is 1. The topological polar surface area (TPSA) is 57.6 Å². The molecule has 2 aromatic rings. The second-order valence-electron chi connectivity index (χ2n) is 6.89. The van der Waals surface area contributed by atoms with Gasteiger partial charge in [0.05, 0.1) is 18.2 Å². The summed E-state index contributed by atoms with van der Waals surface area (Å²) < 4.78 is 0. The van der Waals surface area contributed by atoms with Crippen LogP contribution < -0.4 is 4.90 Å². The van der Waals surface area contributed by atoms with Crippen molar-refractivity contribution in [1.29, 1.82) is 0 Å². The zero-order chi connectivity index (χ0) is 18.4. The summed E-state index contributed by atoms with van der Waals surface area (Å²) in [6, 6.07) is 11.5. The van der Waals surface area contributed by atoms with E-state index < -0.39 is 5.97 Å². The van der Waals surface area contributed by atoms with Crippen LogP contribution in [0.4, 0.5) is 5.69 Å². The van der Waals surface area contributed by atoms with E-state index in [1.807, 2.05) is 42.5 Å². The Morgan fingerprint density at radius 3 is 2.58 bits per heavy atom. The Balaban J connectivity index is 1.76. The van der Waals surface area contributed by atoms with Gasteiger partial charge in [-0.25, -0.2) is 0 Å². The molecule has 1 aliphatic heterocycles. The molecule has 0 bridgehead atoms. The molecule has 0 aromatic heterocycles. The number of carbonyl (C=O) groups is 2. The van der Waals surface area contributed by atoms with Gasteiger partial charge in [-0.3, -0.25) is 9.59 Å². The number of anilines is 1. The summed E-state index contributed by atoms with van der Waals surface area (Å²) in [5, 5.41) is 9.80. The maximum Gasteiger partial charge on any atom is 0.307 e. The first kappa shape index (κ1) is 16.9. The molecule has 4 rings (SSSR count). The Hall–Kier alpha value is -2.59. The average molecular weight is 368 g/mol. The van der Waals surface area contributed by atoms with Gasteiger partial charge >= 0.3 is 5.97 Å². The monoisotopic (exact) mass is 367 g/mol. The molecule has 2 atom stereocenters. The molecule has 2 aliphatic rings. The van der Waals surface area contributed by atoms with E-state index in [-0.39, 0.29) is 17.7 Å². The van der Waals surface area contributed by atoms with Crippen LogP contribution in [0.15, 0.2) is 36.4 Å². The normalized spacial score (nSPS) is 20.6. The lowest BCUT2D eigenvalue weighted by Crippen LogP contribution is -2.29. The van der Waals surface area contributed by atoms with Crippen LogP contribution in [0.3, 0.4) is 0 Å². The Labute approximate surface area is 156 Å². The molecule has 26 heavy (non-hydrogen) atoms. The van der Waals surface area contributed by atoms with Gasteiger partial charge in [0.1, 0.15) is 0 Å². The molecule has 1 heterocycles. The number of benzene rings is 2. The number of fused-ring (bicyclic) bond motifs is 2. The quantitative estimate of drug-likeness (QED) is 0.846. The Morgan fingerprint density at radius 1 is 1.12 bits per heavy atom. The third-order valence-electron chi connectivity index (χ3n) is 5.13. The molecule has 2 unspecified atom stereocenters. The molecule has 0 spiro atoms. The van der Waals surface area contributed by atoms with Crippen molar-refractivity contribution in [2.24, 2.45) is 5.92 Å². The molecule has 5 heteroatoms. The van der Waals surface area contributed by atoms with Gasteiger partial charge in [-0.15, -0.1) is 0 Å². The van der Waals surface area contributed by atoms with Gasteiger partial charge in [0.2, 0.25) is 5.91 Å². The summed E-state index contributed by atoms with van der Waals surface area (Å²) >= 11 is 6.11. The van der Waals surface area contributed by atoms with E-state index in [9.17, 15) is 14.7 Å². The lowest BCUT2D eigenvalue weighted by Gasteiger charge is -2.26. The van der Waals surface area contributed by atoms with Crippen molar-refractivity contribution in [3.8, 4) is 0 Å². The number of nitrogens with zero attached hydrogens (tertiary/aromatic N) is 1. The number of halogens is 1. The molecular weight excluding hydrogens is 350 g/mol. The van der Waals surface area contributed by atoms with E-state index in [2.05, 4.69) is 0 Å². The number of amides is 1. The molecule has 1 saturated carbocycles. The highest BCUT2D eigenvalue weighted by molar-refractivity contribution is 6.30. The Kier molecular flexibility index (Phi) is 4.08. The fraction of sp³-hybridized carbons (Fsp3) is 0.238. The minimum absolute atomic E-state index is 0.0462. The summed E-state index contributed by atoms with van der Waals surface area (Å²) in [4.78, 5) is 25.2. The molecule has 0 radical (unpaired) electrons. The maximum absolute atomic E-state index is 12.3. The van der Waals surface area contributed by atoms with E-state index in [1.165, 1.54) is 0 Å². The molecule has 1 fully saturated rings. The highest BCUT2D eigenvalue weighted by Crippen LogP contribution is 2.48. The molecule has 0 saturated heterocycles. The molecule has 4 nitrogen and oxygen atoms in total. The van der Waals surface area contributed by atoms with Crippen molar-refractivity contribution in [3.05, 3.63) is 63.7 Å². The fourth-order valence-corrected chi connectivity index (χ4v) is 3.79. The van der Waals surface area contributed by atoms with E-state index in [0.29, 0.717) is 18.0 Å². The average Bonchev–Trinajstić information content (AvgIpc) is 3.37. The van der Waals surface area contributed by atoms with Crippen LogP contribution in [0.1, 0.15) is 41.5 Å². The van der Waals surface area contributed by atoms with Crippen LogP contribution in [0.5, 0.6) is 0 Å². The second-order valence-corrected chi connectivity index (χ2v) is 7.32. The third-order valence-corrected chi connectivity index (χ3v) is 5.37.